The number of carbonyl (C=O) groups excluding carboxylic acids is 6. The molecular weight excluding hydrogens is 803 g/mol. The van der Waals surface area contributed by atoms with Gasteiger partial charge in [0.2, 0.25) is 23.6 Å². The van der Waals surface area contributed by atoms with Crippen molar-refractivity contribution in [2.75, 3.05) is 54.4 Å². The third-order valence-electron chi connectivity index (χ3n) is 14.1. The number of benzene rings is 2. The van der Waals surface area contributed by atoms with E-state index in [1.807, 2.05) is 76.7 Å². The summed E-state index contributed by atoms with van der Waals surface area (Å²) in [5.74, 6) is -7.65. The molecule has 336 valence electrons. The molecule has 63 heavy (non-hydrogen) atoms. The van der Waals surface area contributed by atoms with Gasteiger partial charge in [0, 0.05) is 59.1 Å². The average Bonchev–Trinajstić information content (AvgIpc) is 4.12. The summed E-state index contributed by atoms with van der Waals surface area (Å²) in [5.41, 5.74) is 2.36. The zero-order valence-corrected chi connectivity index (χ0v) is 36.7. The number of para-hydroxylation sites is 2. The summed E-state index contributed by atoms with van der Waals surface area (Å²) in [7, 11) is 7.99. The number of carbonyl (C=O) groups is 6. The predicted molar refractivity (Wildman–Crippen MR) is 236 cm³/mol. The Morgan fingerprint density at radius 2 is 0.968 bits per heavy atom. The summed E-state index contributed by atoms with van der Waals surface area (Å²) in [5, 5.41) is 10.3. The van der Waals surface area contributed by atoms with Crippen LogP contribution in [-0.4, -0.2) is 122 Å². The van der Waals surface area contributed by atoms with E-state index in [1.54, 1.807) is 12.4 Å². The Kier molecular flexibility index (Phi) is 13.3. The van der Waals surface area contributed by atoms with Crippen molar-refractivity contribution in [3.05, 3.63) is 72.1 Å². The number of rotatable bonds is 18. The van der Waals surface area contributed by atoms with Crippen molar-refractivity contribution in [1.29, 1.82) is 0 Å². The maximum absolute atomic E-state index is 14.7. The number of esters is 2. The molecule has 2 heterocycles. The Balaban J connectivity index is 1.01. The fourth-order valence-corrected chi connectivity index (χ4v) is 11.3. The number of ether oxygens (including phenoxy) is 2. The SMILES string of the molecule is CN(C)CCCCNC(=O)C1C2CC(OC(=O)c3c[nH]c4ccccc34)C(C2)C1C(=O)NC(=O)C1C2CC(CC2OC(=O)c2c[nH]c3ccccc23)C1C(=O)NCCCCN(C)C. The number of hydrogen-bond donors (Lipinski definition) is 5. The number of unbranched alkanes of at least 4 members (excludes halogenated alkanes) is 2. The molecule has 0 saturated heterocycles. The molecule has 4 saturated carbocycles. The number of nitrogens with zero attached hydrogens (tertiary/aromatic N) is 2. The fraction of sp³-hybridized carbons (Fsp3) is 0.542. The fourth-order valence-electron chi connectivity index (χ4n) is 11.3. The number of H-pyrrole nitrogens is 2. The largest absolute Gasteiger partial charge is 0.458 e. The van der Waals surface area contributed by atoms with Gasteiger partial charge in [-0.3, -0.25) is 24.5 Å². The van der Waals surface area contributed by atoms with Crippen molar-refractivity contribution in [3.8, 4) is 0 Å². The molecule has 4 fully saturated rings. The second-order valence-corrected chi connectivity index (χ2v) is 18.7. The molecule has 10 atom stereocenters. The molecule has 4 amide bonds. The van der Waals surface area contributed by atoms with Gasteiger partial charge in [-0.2, -0.15) is 0 Å². The minimum atomic E-state index is -0.951. The van der Waals surface area contributed by atoms with E-state index in [9.17, 15) is 28.8 Å². The van der Waals surface area contributed by atoms with Gasteiger partial charge in [0.15, 0.2) is 0 Å². The van der Waals surface area contributed by atoms with Crippen molar-refractivity contribution >= 4 is 57.4 Å². The number of amides is 4. The van der Waals surface area contributed by atoms with Crippen molar-refractivity contribution in [2.45, 2.75) is 63.6 Å². The number of nitrogens with one attached hydrogen (secondary N) is 5. The molecule has 4 aliphatic carbocycles. The van der Waals surface area contributed by atoms with Gasteiger partial charge >= 0.3 is 11.9 Å². The summed E-state index contributed by atoms with van der Waals surface area (Å²) in [6.07, 6.45) is 7.05. The normalized spacial score (nSPS) is 27.0. The molecule has 15 heteroatoms. The molecule has 0 radical (unpaired) electrons. The minimum absolute atomic E-state index is 0.245. The molecule has 0 spiro atoms. The zero-order chi connectivity index (χ0) is 44.4. The number of imide groups is 1. The first kappa shape index (κ1) is 44.1. The second-order valence-electron chi connectivity index (χ2n) is 18.7. The first-order valence-corrected chi connectivity index (χ1v) is 22.6. The lowest BCUT2D eigenvalue weighted by Crippen LogP contribution is -2.53. The molecule has 8 rings (SSSR count). The molecule has 2 aromatic heterocycles. The summed E-state index contributed by atoms with van der Waals surface area (Å²) in [6, 6.07) is 14.9. The lowest BCUT2D eigenvalue weighted by molar-refractivity contribution is -0.147. The summed E-state index contributed by atoms with van der Waals surface area (Å²) in [4.78, 5) is 95.0. The maximum Gasteiger partial charge on any atom is 0.340 e. The van der Waals surface area contributed by atoms with E-state index < -0.39 is 71.5 Å². The van der Waals surface area contributed by atoms with Gasteiger partial charge in [0.25, 0.3) is 0 Å². The third-order valence-corrected chi connectivity index (χ3v) is 14.1. The Morgan fingerprint density at radius 1 is 0.556 bits per heavy atom. The Labute approximate surface area is 367 Å². The highest BCUT2D eigenvalue weighted by Crippen LogP contribution is 2.56. The van der Waals surface area contributed by atoms with Crippen molar-refractivity contribution in [1.82, 2.24) is 35.7 Å². The molecule has 15 nitrogen and oxygen atoms in total. The summed E-state index contributed by atoms with van der Waals surface area (Å²) >= 11 is 0. The van der Waals surface area contributed by atoms with Gasteiger partial charge in [-0.05, 0) is 117 Å². The molecule has 4 bridgehead atoms. The van der Waals surface area contributed by atoms with Gasteiger partial charge in [-0.1, -0.05) is 36.4 Å². The van der Waals surface area contributed by atoms with Crippen LogP contribution in [0.4, 0.5) is 0 Å². The Bertz CT molecular complexity index is 2180. The highest BCUT2D eigenvalue weighted by atomic mass is 16.5. The van der Waals surface area contributed by atoms with Crippen LogP contribution in [0.3, 0.4) is 0 Å². The van der Waals surface area contributed by atoms with E-state index in [0.717, 1.165) is 60.6 Å². The number of aromatic amines is 2. The maximum atomic E-state index is 14.7. The quantitative estimate of drug-likeness (QED) is 0.0540. The van der Waals surface area contributed by atoms with E-state index in [1.165, 1.54) is 0 Å². The first-order valence-electron chi connectivity index (χ1n) is 22.6. The van der Waals surface area contributed by atoms with E-state index >= 15 is 0 Å². The van der Waals surface area contributed by atoms with Gasteiger partial charge in [0.1, 0.15) is 12.2 Å². The van der Waals surface area contributed by atoms with E-state index in [2.05, 4.69) is 35.7 Å². The highest BCUT2D eigenvalue weighted by molar-refractivity contribution is 6.05. The van der Waals surface area contributed by atoms with Gasteiger partial charge in [-0.15, -0.1) is 0 Å². The minimum Gasteiger partial charge on any atom is -0.458 e. The van der Waals surface area contributed by atoms with Gasteiger partial charge < -0.3 is 39.9 Å². The number of aromatic nitrogens is 2. The van der Waals surface area contributed by atoms with Crippen LogP contribution in [0.25, 0.3) is 21.8 Å². The monoisotopic (exact) mass is 863 g/mol. The smallest absolute Gasteiger partial charge is 0.340 e. The second kappa shape index (κ2) is 19.1. The molecule has 2 aromatic carbocycles. The number of fused-ring (bicyclic) bond motifs is 6. The summed E-state index contributed by atoms with van der Waals surface area (Å²) in [6.45, 7) is 2.65. The topological polar surface area (TPSA) is 195 Å². The first-order chi connectivity index (χ1) is 30.4. The van der Waals surface area contributed by atoms with Crippen molar-refractivity contribution in [3.63, 3.8) is 0 Å². The van der Waals surface area contributed by atoms with Gasteiger partial charge in [-0.25, -0.2) is 9.59 Å². The zero-order valence-electron chi connectivity index (χ0n) is 36.7. The van der Waals surface area contributed by atoms with Crippen molar-refractivity contribution in [2.24, 2.45) is 47.3 Å². The predicted octanol–water partition coefficient (Wildman–Crippen LogP) is 4.50. The molecular formula is C48H61N7O8. The van der Waals surface area contributed by atoms with E-state index in [0.29, 0.717) is 49.9 Å². The van der Waals surface area contributed by atoms with Crippen LogP contribution in [0, 0.1) is 47.3 Å². The third kappa shape index (κ3) is 9.26. The van der Waals surface area contributed by atoms with Crippen LogP contribution in [0.2, 0.25) is 0 Å². The van der Waals surface area contributed by atoms with Crippen LogP contribution in [0.15, 0.2) is 60.9 Å². The molecule has 4 aromatic rings. The van der Waals surface area contributed by atoms with Crippen LogP contribution in [0.5, 0.6) is 0 Å². The van der Waals surface area contributed by atoms with Crippen molar-refractivity contribution < 1.29 is 38.2 Å². The van der Waals surface area contributed by atoms with Crippen LogP contribution in [0.1, 0.15) is 72.1 Å². The van der Waals surface area contributed by atoms with Gasteiger partial charge in [0.05, 0.1) is 34.8 Å². The summed E-state index contributed by atoms with van der Waals surface area (Å²) < 4.78 is 12.3. The van der Waals surface area contributed by atoms with Crippen LogP contribution >= 0.6 is 0 Å². The molecule has 10 unspecified atom stereocenters. The number of hydrogen-bond acceptors (Lipinski definition) is 10. The lowest BCUT2D eigenvalue weighted by Gasteiger charge is -2.36. The van der Waals surface area contributed by atoms with Crippen LogP contribution < -0.4 is 16.0 Å². The molecule has 4 aliphatic rings. The van der Waals surface area contributed by atoms with E-state index in [4.69, 9.17) is 9.47 Å². The lowest BCUT2D eigenvalue weighted by atomic mass is 9.75. The van der Waals surface area contributed by atoms with Crippen LogP contribution in [-0.2, 0) is 28.7 Å². The Morgan fingerprint density at radius 3 is 1.38 bits per heavy atom. The molecule has 5 N–H and O–H groups in total. The average molecular weight is 864 g/mol. The standard InChI is InChI=1S/C48H61N7O8/c1-54(2)19-11-9-17-49-43(56)39-27-21-31(37(23-27)62-47(60)33-25-51-35-15-7-5-13-29(33)35)41(39)45(58)53-46(59)42-32-22-28(40(42)44(57)50-18-10-12-20-55(3)4)24-38(32)63-48(61)34-26-52-36-16-8-6-14-30(34)36/h5-8,13-16,25-28,31-32,37-42,51-52H,9-12,17-24H2,1-4H3,(H,49,56)(H,50,57)(H,53,58,59). The molecule has 0 aliphatic heterocycles. The highest BCUT2D eigenvalue weighted by Gasteiger charge is 2.62. The van der Waals surface area contributed by atoms with E-state index in [-0.39, 0.29) is 23.7 Å². The Hall–Kier alpha value is -5.54.